The Balaban J connectivity index is 1.10. The molecule has 318 valence electrons. The molecule has 3 heteroatoms. The van der Waals surface area contributed by atoms with E-state index in [1.54, 1.807) is 0 Å². The van der Waals surface area contributed by atoms with Crippen molar-refractivity contribution in [2.75, 3.05) is 0 Å². The van der Waals surface area contributed by atoms with Crippen LogP contribution in [0.3, 0.4) is 0 Å². The molecule has 0 bridgehead atoms. The highest BCUT2D eigenvalue weighted by Crippen LogP contribution is 2.53. The van der Waals surface area contributed by atoms with Crippen LogP contribution in [0.15, 0.2) is 255 Å². The monoisotopic (exact) mass is 865 g/mol. The van der Waals surface area contributed by atoms with Gasteiger partial charge < -0.3 is 4.57 Å². The van der Waals surface area contributed by atoms with Gasteiger partial charge in [-0.2, -0.15) is 0 Å². The van der Waals surface area contributed by atoms with E-state index < -0.39 is 0 Å². The molecule has 2 heterocycles. The first-order valence-corrected chi connectivity index (χ1v) is 23.4. The highest BCUT2D eigenvalue weighted by atomic mass is 15.0. The number of hydrogen-bond donors (Lipinski definition) is 0. The van der Waals surface area contributed by atoms with E-state index in [2.05, 4.69) is 253 Å². The van der Waals surface area contributed by atoms with Crippen LogP contribution in [0.4, 0.5) is 0 Å². The van der Waals surface area contributed by atoms with Gasteiger partial charge in [0.25, 0.3) is 0 Å². The smallest absolute Gasteiger partial charge is 0.160 e. The predicted octanol–water partition coefficient (Wildman–Crippen LogP) is 16.7. The molecule has 1 unspecified atom stereocenters. The summed E-state index contributed by atoms with van der Waals surface area (Å²) in [5.74, 6) is 0.671. The van der Waals surface area contributed by atoms with Crippen LogP contribution in [0.1, 0.15) is 22.6 Å². The van der Waals surface area contributed by atoms with Crippen LogP contribution in [0.2, 0.25) is 0 Å². The zero-order valence-electron chi connectivity index (χ0n) is 37.2. The molecule has 1 aliphatic rings. The van der Waals surface area contributed by atoms with Gasteiger partial charge in [0, 0.05) is 38.9 Å². The molecule has 0 saturated carbocycles. The minimum atomic E-state index is -0.0140. The number of benzene rings is 10. The summed E-state index contributed by atoms with van der Waals surface area (Å²) in [6.07, 6.45) is 0. The van der Waals surface area contributed by atoms with Gasteiger partial charge in [0.1, 0.15) is 0 Å². The molecule has 0 amide bonds. The van der Waals surface area contributed by atoms with E-state index in [-0.39, 0.29) is 5.92 Å². The summed E-state index contributed by atoms with van der Waals surface area (Å²) in [5.41, 5.74) is 21.7. The maximum atomic E-state index is 5.50. The maximum Gasteiger partial charge on any atom is 0.160 e. The largest absolute Gasteiger partial charge is 0.309 e. The molecule has 0 saturated heterocycles. The summed E-state index contributed by atoms with van der Waals surface area (Å²) in [6, 6.07) is 92.1. The second-order valence-corrected chi connectivity index (χ2v) is 17.6. The van der Waals surface area contributed by atoms with Crippen LogP contribution < -0.4 is 0 Å². The molecule has 1 atom stereocenters. The Morgan fingerprint density at radius 2 is 0.809 bits per heavy atom. The molecule has 3 nitrogen and oxygen atoms in total. The van der Waals surface area contributed by atoms with E-state index in [4.69, 9.17) is 9.97 Å². The SMILES string of the molecule is c1ccc(-c2ccc3c(c2)-c2ccccc2C3c2ccccc2-c2c(-c3cc(-c4ccccc4)nc(-c4ccccc4)n3)cccc2-n2c3ccccc3c3cc(-c4ccccc4)ccc32)cc1. The summed E-state index contributed by atoms with van der Waals surface area (Å²) in [5, 5.41) is 2.41. The first-order chi connectivity index (χ1) is 33.7. The lowest BCUT2D eigenvalue weighted by Crippen LogP contribution is -2.06. The summed E-state index contributed by atoms with van der Waals surface area (Å²) in [7, 11) is 0. The minimum absolute atomic E-state index is 0.0140. The van der Waals surface area contributed by atoms with Crippen LogP contribution in [0, 0.1) is 0 Å². The van der Waals surface area contributed by atoms with Crippen molar-refractivity contribution in [2.45, 2.75) is 5.92 Å². The number of nitrogens with zero attached hydrogens (tertiary/aromatic N) is 3. The van der Waals surface area contributed by atoms with E-state index in [1.165, 1.54) is 60.8 Å². The van der Waals surface area contributed by atoms with Crippen LogP contribution in [0.25, 0.3) is 106 Å². The molecule has 2 aromatic heterocycles. The Labute approximate surface area is 396 Å². The minimum Gasteiger partial charge on any atom is -0.309 e. The van der Waals surface area contributed by atoms with E-state index in [1.807, 2.05) is 6.07 Å². The molecule has 0 N–H and O–H groups in total. The van der Waals surface area contributed by atoms with Gasteiger partial charge in [-0.15, -0.1) is 0 Å². The fraction of sp³-hybridized carbons (Fsp3) is 0.0154. The Bertz CT molecular complexity index is 3780. The lowest BCUT2D eigenvalue weighted by atomic mass is 9.82. The highest BCUT2D eigenvalue weighted by molar-refractivity contribution is 6.11. The van der Waals surface area contributed by atoms with Crippen molar-refractivity contribution in [1.29, 1.82) is 0 Å². The van der Waals surface area contributed by atoms with Gasteiger partial charge in [0.05, 0.1) is 28.1 Å². The third-order valence-electron chi connectivity index (χ3n) is 13.7. The van der Waals surface area contributed by atoms with Crippen molar-refractivity contribution in [1.82, 2.24) is 14.5 Å². The predicted molar refractivity (Wildman–Crippen MR) is 282 cm³/mol. The molecular formula is C65H43N3. The van der Waals surface area contributed by atoms with Gasteiger partial charge in [0.15, 0.2) is 5.82 Å². The lowest BCUT2D eigenvalue weighted by molar-refractivity contribution is 1.02. The van der Waals surface area contributed by atoms with Crippen LogP contribution >= 0.6 is 0 Å². The van der Waals surface area contributed by atoms with Crippen molar-refractivity contribution in [3.05, 3.63) is 271 Å². The van der Waals surface area contributed by atoms with Gasteiger partial charge in [-0.05, 0) is 92.0 Å². The summed E-state index contributed by atoms with van der Waals surface area (Å²) < 4.78 is 2.48. The second kappa shape index (κ2) is 16.5. The van der Waals surface area contributed by atoms with Crippen LogP contribution in [0.5, 0.6) is 0 Å². The standard InChI is InChI=1S/C65H43N3/c1-5-20-43(21-6-1)47-36-38-54-56(40-47)49-28-13-14-30-51(49)63(54)52-31-15-16-32-53(52)64-55(59-42-58(45-24-9-3-10-25-45)66-65(67-59)46-26-11-4-12-27-46)33-19-35-62(64)68-60-34-18-17-29-50(60)57-41-48(37-39-61(57)68)44-22-7-2-8-23-44/h1-42,63H. The molecule has 0 spiro atoms. The molecule has 0 aliphatic heterocycles. The van der Waals surface area contributed by atoms with Crippen molar-refractivity contribution in [3.63, 3.8) is 0 Å². The number of rotatable bonds is 8. The molecular weight excluding hydrogens is 823 g/mol. The second-order valence-electron chi connectivity index (χ2n) is 17.6. The molecule has 68 heavy (non-hydrogen) atoms. The van der Waals surface area contributed by atoms with Crippen molar-refractivity contribution in [2.24, 2.45) is 0 Å². The molecule has 10 aromatic carbocycles. The first kappa shape index (κ1) is 39.4. The Morgan fingerprint density at radius 1 is 0.294 bits per heavy atom. The van der Waals surface area contributed by atoms with Crippen LogP contribution in [-0.4, -0.2) is 14.5 Å². The van der Waals surface area contributed by atoms with Crippen molar-refractivity contribution < 1.29 is 0 Å². The Hall–Kier alpha value is -8.92. The normalized spacial score (nSPS) is 12.9. The zero-order chi connectivity index (χ0) is 45.0. The lowest BCUT2D eigenvalue weighted by Gasteiger charge is -2.24. The van der Waals surface area contributed by atoms with Gasteiger partial charge in [-0.3, -0.25) is 0 Å². The molecule has 0 fully saturated rings. The molecule has 0 radical (unpaired) electrons. The fourth-order valence-corrected chi connectivity index (χ4v) is 10.6. The average molecular weight is 866 g/mol. The average Bonchev–Trinajstić information content (AvgIpc) is 3.93. The van der Waals surface area contributed by atoms with E-state index >= 15 is 0 Å². The van der Waals surface area contributed by atoms with Crippen LogP contribution in [-0.2, 0) is 0 Å². The highest BCUT2D eigenvalue weighted by Gasteiger charge is 2.33. The van der Waals surface area contributed by atoms with Crippen molar-refractivity contribution in [3.8, 4) is 84.1 Å². The van der Waals surface area contributed by atoms with E-state index in [0.717, 1.165) is 55.9 Å². The summed E-state index contributed by atoms with van der Waals surface area (Å²) >= 11 is 0. The van der Waals surface area contributed by atoms with Gasteiger partial charge in [-0.25, -0.2) is 9.97 Å². The Kier molecular flexibility index (Phi) is 9.57. The third kappa shape index (κ3) is 6.67. The van der Waals surface area contributed by atoms with Gasteiger partial charge in [0.2, 0.25) is 0 Å². The van der Waals surface area contributed by atoms with Gasteiger partial charge >= 0.3 is 0 Å². The summed E-state index contributed by atoms with van der Waals surface area (Å²) in [4.78, 5) is 10.7. The first-order valence-electron chi connectivity index (χ1n) is 23.4. The van der Waals surface area contributed by atoms with Gasteiger partial charge in [-0.1, -0.05) is 218 Å². The summed E-state index contributed by atoms with van der Waals surface area (Å²) in [6.45, 7) is 0. The van der Waals surface area contributed by atoms with E-state index in [0.29, 0.717) is 5.82 Å². The topological polar surface area (TPSA) is 30.7 Å². The quantitative estimate of drug-likeness (QED) is 0.152. The third-order valence-corrected chi connectivity index (χ3v) is 13.7. The number of fused-ring (bicyclic) bond motifs is 6. The van der Waals surface area contributed by atoms with Crippen molar-refractivity contribution >= 4 is 21.8 Å². The zero-order valence-corrected chi connectivity index (χ0v) is 37.2. The molecule has 13 rings (SSSR count). The molecule has 12 aromatic rings. The Morgan fingerprint density at radius 3 is 1.53 bits per heavy atom. The van der Waals surface area contributed by atoms with E-state index in [9.17, 15) is 0 Å². The number of para-hydroxylation sites is 1. The fourth-order valence-electron chi connectivity index (χ4n) is 10.6. The maximum absolute atomic E-state index is 5.50. The molecule has 1 aliphatic carbocycles. The number of aromatic nitrogens is 3. The number of hydrogen-bond acceptors (Lipinski definition) is 2.